The van der Waals surface area contributed by atoms with Gasteiger partial charge in [-0.2, -0.15) is 13.2 Å². The molecule has 0 saturated heterocycles. The highest BCUT2D eigenvalue weighted by Gasteiger charge is 2.30. The minimum atomic E-state index is -4.52. The number of hydrogen-bond acceptors (Lipinski definition) is 3. The first-order valence-corrected chi connectivity index (χ1v) is 8.77. The van der Waals surface area contributed by atoms with Crippen molar-refractivity contribution in [3.8, 4) is 0 Å². The fraction of sp³-hybridized carbons (Fsp3) is 0.0952. The monoisotopic (exact) mass is 416 g/mol. The predicted octanol–water partition coefficient (Wildman–Crippen LogP) is 4.64. The number of guanidine groups is 1. The van der Waals surface area contributed by atoms with Gasteiger partial charge in [0, 0.05) is 17.4 Å². The summed E-state index contributed by atoms with van der Waals surface area (Å²) in [7, 11) is 0. The van der Waals surface area contributed by atoms with Crippen LogP contribution in [0.3, 0.4) is 0 Å². The molecule has 0 atom stereocenters. The number of alkyl halides is 3. The standard InChI is InChI=1S/C21H16F4N4O/c22-16-7-3-5-14(11-16)19(30)29-20(27-13-18-8-1-2-10-26-18)28-17-9-4-6-15(12-17)21(23,24)25/h1-12H,13H2,(H2,27,28,29,30). The van der Waals surface area contributed by atoms with Crippen molar-refractivity contribution in [2.24, 2.45) is 4.99 Å². The number of aliphatic imine (C=N–C) groups is 1. The minimum Gasteiger partial charge on any atom is -0.326 e. The van der Waals surface area contributed by atoms with Gasteiger partial charge in [0.2, 0.25) is 5.96 Å². The summed E-state index contributed by atoms with van der Waals surface area (Å²) in [4.78, 5) is 20.8. The molecule has 0 aliphatic rings. The molecule has 0 unspecified atom stereocenters. The first-order valence-electron chi connectivity index (χ1n) is 8.77. The van der Waals surface area contributed by atoms with Gasteiger partial charge in [-0.05, 0) is 48.5 Å². The average molecular weight is 416 g/mol. The molecule has 1 amide bonds. The van der Waals surface area contributed by atoms with Gasteiger partial charge in [0.1, 0.15) is 5.82 Å². The molecule has 0 saturated carbocycles. The molecule has 30 heavy (non-hydrogen) atoms. The third-order valence-electron chi connectivity index (χ3n) is 3.90. The van der Waals surface area contributed by atoms with Crippen molar-refractivity contribution < 1.29 is 22.4 Å². The van der Waals surface area contributed by atoms with E-state index in [4.69, 9.17) is 0 Å². The van der Waals surface area contributed by atoms with Crippen LogP contribution in [0.2, 0.25) is 0 Å². The van der Waals surface area contributed by atoms with E-state index >= 15 is 0 Å². The van der Waals surface area contributed by atoms with Gasteiger partial charge in [0.25, 0.3) is 5.91 Å². The lowest BCUT2D eigenvalue weighted by molar-refractivity contribution is -0.137. The molecular weight excluding hydrogens is 400 g/mol. The number of pyridine rings is 1. The summed E-state index contributed by atoms with van der Waals surface area (Å²) in [6.45, 7) is 0.0611. The SMILES string of the molecule is O=C(NC(=NCc1ccccn1)Nc1cccc(C(F)(F)F)c1)c1cccc(F)c1. The second kappa shape index (κ2) is 9.17. The number of amides is 1. The van der Waals surface area contributed by atoms with E-state index in [1.54, 1.807) is 24.4 Å². The fourth-order valence-corrected chi connectivity index (χ4v) is 2.48. The third-order valence-corrected chi connectivity index (χ3v) is 3.90. The molecule has 0 radical (unpaired) electrons. The molecule has 1 heterocycles. The second-order valence-electron chi connectivity index (χ2n) is 6.15. The molecule has 154 valence electrons. The van der Waals surface area contributed by atoms with Gasteiger partial charge >= 0.3 is 6.18 Å². The van der Waals surface area contributed by atoms with Crippen molar-refractivity contribution in [2.45, 2.75) is 12.7 Å². The summed E-state index contributed by atoms with van der Waals surface area (Å²) in [5.74, 6) is -1.37. The summed E-state index contributed by atoms with van der Waals surface area (Å²) in [6.07, 6.45) is -2.95. The van der Waals surface area contributed by atoms with E-state index in [-0.39, 0.29) is 23.8 Å². The van der Waals surface area contributed by atoms with Gasteiger partial charge in [-0.1, -0.05) is 18.2 Å². The molecule has 3 aromatic rings. The molecule has 0 fully saturated rings. The molecule has 0 aliphatic carbocycles. The summed E-state index contributed by atoms with van der Waals surface area (Å²) < 4.78 is 52.3. The number of rotatable bonds is 4. The lowest BCUT2D eigenvalue weighted by atomic mass is 10.2. The van der Waals surface area contributed by atoms with E-state index in [0.717, 1.165) is 18.2 Å². The molecule has 2 N–H and O–H groups in total. The van der Waals surface area contributed by atoms with E-state index in [2.05, 4.69) is 20.6 Å². The summed E-state index contributed by atoms with van der Waals surface area (Å²) in [5, 5.41) is 5.14. The quantitative estimate of drug-likeness (QED) is 0.370. The largest absolute Gasteiger partial charge is 0.416 e. The Hall–Kier alpha value is -3.75. The Balaban J connectivity index is 1.85. The highest BCUT2D eigenvalue weighted by molar-refractivity contribution is 6.09. The Morgan fingerprint density at radius 2 is 1.80 bits per heavy atom. The number of aromatic nitrogens is 1. The topological polar surface area (TPSA) is 66.4 Å². The zero-order chi connectivity index (χ0) is 21.6. The number of hydrogen-bond donors (Lipinski definition) is 2. The van der Waals surface area contributed by atoms with Gasteiger partial charge < -0.3 is 5.32 Å². The van der Waals surface area contributed by atoms with Crippen LogP contribution in [-0.2, 0) is 12.7 Å². The lowest BCUT2D eigenvalue weighted by Gasteiger charge is -2.14. The molecule has 5 nitrogen and oxygen atoms in total. The van der Waals surface area contributed by atoms with Crippen LogP contribution in [0, 0.1) is 5.82 Å². The van der Waals surface area contributed by atoms with Crippen LogP contribution in [0.4, 0.5) is 23.2 Å². The van der Waals surface area contributed by atoms with Crippen molar-refractivity contribution >= 4 is 17.6 Å². The molecule has 3 rings (SSSR count). The van der Waals surface area contributed by atoms with Gasteiger partial charge in [-0.15, -0.1) is 0 Å². The first-order chi connectivity index (χ1) is 14.3. The van der Waals surface area contributed by atoms with Crippen LogP contribution < -0.4 is 10.6 Å². The predicted molar refractivity (Wildman–Crippen MR) is 104 cm³/mol. The first kappa shape index (κ1) is 21.0. The smallest absolute Gasteiger partial charge is 0.326 e. The van der Waals surface area contributed by atoms with Crippen LogP contribution in [0.5, 0.6) is 0 Å². The Kier molecular flexibility index (Phi) is 6.41. The van der Waals surface area contributed by atoms with Crippen molar-refractivity contribution in [1.82, 2.24) is 10.3 Å². The number of carbonyl (C=O) groups excluding carboxylic acids is 1. The molecular formula is C21H16F4N4O. The van der Waals surface area contributed by atoms with E-state index in [0.29, 0.717) is 5.69 Å². The van der Waals surface area contributed by atoms with Crippen molar-refractivity contribution in [2.75, 3.05) is 5.32 Å². The highest BCUT2D eigenvalue weighted by Crippen LogP contribution is 2.30. The van der Waals surface area contributed by atoms with E-state index in [9.17, 15) is 22.4 Å². The summed E-state index contributed by atoms with van der Waals surface area (Å²) in [6, 6.07) is 14.6. The fourth-order valence-electron chi connectivity index (χ4n) is 2.48. The van der Waals surface area contributed by atoms with Gasteiger partial charge in [0.15, 0.2) is 0 Å². The van der Waals surface area contributed by atoms with Crippen molar-refractivity contribution in [3.63, 3.8) is 0 Å². The summed E-state index contributed by atoms with van der Waals surface area (Å²) >= 11 is 0. The number of anilines is 1. The van der Waals surface area contributed by atoms with Crippen LogP contribution in [-0.4, -0.2) is 16.9 Å². The van der Waals surface area contributed by atoms with Crippen LogP contribution in [0.1, 0.15) is 21.6 Å². The van der Waals surface area contributed by atoms with Crippen molar-refractivity contribution in [3.05, 3.63) is 95.6 Å². The molecule has 2 aromatic carbocycles. The van der Waals surface area contributed by atoms with Gasteiger partial charge in [-0.3, -0.25) is 15.1 Å². The van der Waals surface area contributed by atoms with E-state index in [1.807, 2.05) is 0 Å². The van der Waals surface area contributed by atoms with Crippen molar-refractivity contribution in [1.29, 1.82) is 0 Å². The number of carbonyl (C=O) groups is 1. The number of benzene rings is 2. The summed E-state index contributed by atoms with van der Waals surface area (Å²) in [5.41, 5.74) is -0.163. The van der Waals surface area contributed by atoms with Gasteiger partial charge in [0.05, 0.1) is 17.8 Å². The Labute approximate surface area is 169 Å². The van der Waals surface area contributed by atoms with E-state index in [1.165, 1.54) is 30.3 Å². The number of nitrogens with one attached hydrogen (secondary N) is 2. The molecule has 0 aliphatic heterocycles. The minimum absolute atomic E-state index is 0.0337. The van der Waals surface area contributed by atoms with Gasteiger partial charge in [-0.25, -0.2) is 9.38 Å². The second-order valence-corrected chi connectivity index (χ2v) is 6.15. The zero-order valence-electron chi connectivity index (χ0n) is 15.4. The maximum Gasteiger partial charge on any atom is 0.416 e. The third kappa shape index (κ3) is 5.87. The Bertz CT molecular complexity index is 1050. The molecule has 0 bridgehead atoms. The normalized spacial score (nSPS) is 11.8. The lowest BCUT2D eigenvalue weighted by Crippen LogP contribution is -2.36. The Morgan fingerprint density at radius 1 is 1.00 bits per heavy atom. The van der Waals surface area contributed by atoms with Crippen LogP contribution in [0.25, 0.3) is 0 Å². The molecule has 9 heteroatoms. The number of nitrogens with zero attached hydrogens (tertiary/aromatic N) is 2. The Morgan fingerprint density at radius 3 is 2.50 bits per heavy atom. The molecule has 0 spiro atoms. The number of halogens is 4. The molecule has 1 aromatic heterocycles. The average Bonchev–Trinajstić information content (AvgIpc) is 2.72. The zero-order valence-corrected chi connectivity index (χ0v) is 15.4. The maximum atomic E-state index is 13.4. The van der Waals surface area contributed by atoms with Crippen LogP contribution in [0.15, 0.2) is 77.9 Å². The van der Waals surface area contributed by atoms with Crippen LogP contribution >= 0.6 is 0 Å². The van der Waals surface area contributed by atoms with E-state index < -0.39 is 23.5 Å². The highest BCUT2D eigenvalue weighted by atomic mass is 19.4. The maximum absolute atomic E-state index is 13.4.